The monoisotopic (exact) mass is 125 g/mol. The van der Waals surface area contributed by atoms with Crippen molar-refractivity contribution in [2.24, 2.45) is 5.92 Å². The third kappa shape index (κ3) is 1.83. The summed E-state index contributed by atoms with van der Waals surface area (Å²) in [7, 11) is 0. The van der Waals surface area contributed by atoms with Gasteiger partial charge in [0.05, 0.1) is 0 Å². The maximum absolute atomic E-state index is 3.42. The zero-order chi connectivity index (χ0) is 6.91. The molecule has 0 saturated heterocycles. The zero-order valence-electron chi connectivity index (χ0n) is 6.44. The fourth-order valence-corrected chi connectivity index (χ4v) is 0.956. The molecule has 0 saturated carbocycles. The molecule has 0 spiro atoms. The molecule has 0 aromatic rings. The van der Waals surface area contributed by atoms with Crippen molar-refractivity contribution in [3.63, 3.8) is 0 Å². The standard InChI is InChI=1S/C8H15N/c1-7-4-5-8(2,3)9-6-7/h4-5,7,9H,6H2,1-3H3. The Morgan fingerprint density at radius 1 is 1.56 bits per heavy atom. The van der Waals surface area contributed by atoms with Crippen LogP contribution in [-0.4, -0.2) is 12.1 Å². The predicted octanol–water partition coefficient (Wildman–Crippen LogP) is 1.56. The van der Waals surface area contributed by atoms with E-state index in [-0.39, 0.29) is 5.54 Å². The third-order valence-corrected chi connectivity index (χ3v) is 1.72. The molecule has 1 aliphatic heterocycles. The first kappa shape index (κ1) is 6.81. The Kier molecular flexibility index (Phi) is 1.62. The average molecular weight is 125 g/mol. The van der Waals surface area contributed by atoms with Crippen LogP contribution in [0.25, 0.3) is 0 Å². The van der Waals surface area contributed by atoms with E-state index in [9.17, 15) is 0 Å². The van der Waals surface area contributed by atoms with Gasteiger partial charge in [0.25, 0.3) is 0 Å². The van der Waals surface area contributed by atoms with Crippen molar-refractivity contribution in [2.75, 3.05) is 6.54 Å². The summed E-state index contributed by atoms with van der Waals surface area (Å²) in [4.78, 5) is 0. The average Bonchev–Trinajstić information content (AvgIpc) is 1.78. The van der Waals surface area contributed by atoms with Gasteiger partial charge in [-0.1, -0.05) is 19.1 Å². The van der Waals surface area contributed by atoms with E-state index >= 15 is 0 Å². The Morgan fingerprint density at radius 3 is 2.56 bits per heavy atom. The summed E-state index contributed by atoms with van der Waals surface area (Å²) in [5.41, 5.74) is 0.229. The summed E-state index contributed by atoms with van der Waals surface area (Å²) in [6, 6.07) is 0. The predicted molar refractivity (Wildman–Crippen MR) is 40.4 cm³/mol. The lowest BCUT2D eigenvalue weighted by Crippen LogP contribution is -2.42. The van der Waals surface area contributed by atoms with E-state index in [2.05, 4.69) is 38.2 Å². The molecule has 1 N–H and O–H groups in total. The minimum atomic E-state index is 0.229. The molecule has 1 nitrogen and oxygen atoms in total. The van der Waals surface area contributed by atoms with Crippen molar-refractivity contribution >= 4 is 0 Å². The van der Waals surface area contributed by atoms with E-state index in [1.54, 1.807) is 0 Å². The summed E-state index contributed by atoms with van der Waals surface area (Å²) < 4.78 is 0. The molecule has 52 valence electrons. The summed E-state index contributed by atoms with van der Waals surface area (Å²) >= 11 is 0. The van der Waals surface area contributed by atoms with Gasteiger partial charge in [-0.25, -0.2) is 0 Å². The topological polar surface area (TPSA) is 12.0 Å². The normalized spacial score (nSPS) is 32.6. The van der Waals surface area contributed by atoms with Crippen LogP contribution in [-0.2, 0) is 0 Å². The van der Waals surface area contributed by atoms with Gasteiger partial charge in [-0.05, 0) is 19.8 Å². The van der Waals surface area contributed by atoms with E-state index < -0.39 is 0 Å². The molecule has 1 atom stereocenters. The SMILES string of the molecule is CC1C=CC(C)(C)NC1. The Bertz CT molecular complexity index is 125. The van der Waals surface area contributed by atoms with Crippen LogP contribution in [0.5, 0.6) is 0 Å². The van der Waals surface area contributed by atoms with Gasteiger partial charge in [-0.15, -0.1) is 0 Å². The van der Waals surface area contributed by atoms with Crippen molar-refractivity contribution in [2.45, 2.75) is 26.3 Å². The lowest BCUT2D eigenvalue weighted by molar-refractivity contribution is 0.420. The minimum Gasteiger partial charge on any atom is -0.308 e. The fourth-order valence-electron chi connectivity index (χ4n) is 0.956. The summed E-state index contributed by atoms with van der Waals surface area (Å²) in [6.45, 7) is 7.72. The second-order valence-electron chi connectivity index (χ2n) is 3.44. The van der Waals surface area contributed by atoms with Gasteiger partial charge >= 0.3 is 0 Å². The molecule has 0 amide bonds. The van der Waals surface area contributed by atoms with Gasteiger partial charge < -0.3 is 5.32 Å². The lowest BCUT2D eigenvalue weighted by Gasteiger charge is -2.28. The van der Waals surface area contributed by atoms with Crippen molar-refractivity contribution in [3.05, 3.63) is 12.2 Å². The highest BCUT2D eigenvalue weighted by molar-refractivity contribution is 5.07. The Labute approximate surface area is 57.1 Å². The molecule has 0 aromatic heterocycles. The largest absolute Gasteiger partial charge is 0.308 e. The van der Waals surface area contributed by atoms with E-state index in [4.69, 9.17) is 0 Å². The molecule has 1 rings (SSSR count). The molecule has 1 heteroatoms. The fraction of sp³-hybridized carbons (Fsp3) is 0.750. The van der Waals surface area contributed by atoms with Crippen LogP contribution in [0.2, 0.25) is 0 Å². The smallest absolute Gasteiger partial charge is 0.0307 e. The second-order valence-corrected chi connectivity index (χ2v) is 3.44. The first-order chi connectivity index (χ1) is 4.10. The van der Waals surface area contributed by atoms with Gasteiger partial charge in [-0.2, -0.15) is 0 Å². The van der Waals surface area contributed by atoms with Gasteiger partial charge in [0.15, 0.2) is 0 Å². The van der Waals surface area contributed by atoms with Crippen molar-refractivity contribution in [3.8, 4) is 0 Å². The van der Waals surface area contributed by atoms with Crippen molar-refractivity contribution < 1.29 is 0 Å². The maximum atomic E-state index is 3.42. The molecule has 0 radical (unpaired) electrons. The number of rotatable bonds is 0. The molecular weight excluding hydrogens is 110 g/mol. The quantitative estimate of drug-likeness (QED) is 0.484. The third-order valence-electron chi connectivity index (χ3n) is 1.72. The molecule has 1 unspecified atom stereocenters. The highest BCUT2D eigenvalue weighted by Crippen LogP contribution is 2.12. The molecule has 0 bridgehead atoms. The minimum absolute atomic E-state index is 0.229. The Hall–Kier alpha value is -0.300. The number of nitrogens with one attached hydrogen (secondary N) is 1. The number of hydrogen-bond donors (Lipinski definition) is 1. The molecule has 1 heterocycles. The van der Waals surface area contributed by atoms with Crippen molar-refractivity contribution in [1.29, 1.82) is 0 Å². The molecule has 0 aliphatic carbocycles. The highest BCUT2D eigenvalue weighted by Gasteiger charge is 2.17. The van der Waals surface area contributed by atoms with Crippen LogP contribution < -0.4 is 5.32 Å². The van der Waals surface area contributed by atoms with Gasteiger partial charge in [-0.3, -0.25) is 0 Å². The van der Waals surface area contributed by atoms with Crippen LogP contribution in [0.1, 0.15) is 20.8 Å². The van der Waals surface area contributed by atoms with Crippen LogP contribution >= 0.6 is 0 Å². The first-order valence-electron chi connectivity index (χ1n) is 3.54. The summed E-state index contributed by atoms with van der Waals surface area (Å²) in [6.07, 6.45) is 4.51. The Morgan fingerprint density at radius 2 is 2.22 bits per heavy atom. The summed E-state index contributed by atoms with van der Waals surface area (Å²) in [5.74, 6) is 0.707. The number of hydrogen-bond acceptors (Lipinski definition) is 1. The van der Waals surface area contributed by atoms with Gasteiger partial charge in [0.1, 0.15) is 0 Å². The van der Waals surface area contributed by atoms with E-state index in [0.29, 0.717) is 5.92 Å². The van der Waals surface area contributed by atoms with E-state index in [1.165, 1.54) is 0 Å². The molecule has 9 heavy (non-hydrogen) atoms. The van der Waals surface area contributed by atoms with Crippen molar-refractivity contribution in [1.82, 2.24) is 5.32 Å². The maximum Gasteiger partial charge on any atom is 0.0307 e. The second kappa shape index (κ2) is 2.14. The van der Waals surface area contributed by atoms with Crippen LogP contribution in [0.15, 0.2) is 12.2 Å². The molecule has 0 fully saturated rings. The van der Waals surface area contributed by atoms with Gasteiger partial charge in [0, 0.05) is 12.1 Å². The van der Waals surface area contributed by atoms with Crippen LogP contribution in [0.3, 0.4) is 0 Å². The summed E-state index contributed by atoms with van der Waals surface area (Å²) in [5, 5.41) is 3.42. The Balaban J connectivity index is 2.58. The highest BCUT2D eigenvalue weighted by atomic mass is 15.0. The lowest BCUT2D eigenvalue weighted by atomic mass is 9.96. The van der Waals surface area contributed by atoms with E-state index in [1.807, 2.05) is 0 Å². The van der Waals surface area contributed by atoms with Crippen LogP contribution in [0.4, 0.5) is 0 Å². The molecule has 0 aromatic carbocycles. The molecular formula is C8H15N. The van der Waals surface area contributed by atoms with Gasteiger partial charge in [0.2, 0.25) is 0 Å². The first-order valence-corrected chi connectivity index (χ1v) is 3.54. The molecule has 1 aliphatic rings. The van der Waals surface area contributed by atoms with Crippen LogP contribution in [0, 0.1) is 5.92 Å². The van der Waals surface area contributed by atoms with E-state index in [0.717, 1.165) is 6.54 Å². The zero-order valence-corrected chi connectivity index (χ0v) is 6.44.